The van der Waals surface area contributed by atoms with E-state index in [4.69, 9.17) is 10.8 Å². The number of nitrogens with zero attached hydrogens (tertiary/aromatic N) is 1. The summed E-state index contributed by atoms with van der Waals surface area (Å²) in [6.07, 6.45) is 2.11. The third kappa shape index (κ3) is 3.20. The first-order valence-electron chi connectivity index (χ1n) is 5.78. The highest BCUT2D eigenvalue weighted by atomic mass is 16.4. The summed E-state index contributed by atoms with van der Waals surface area (Å²) in [5.41, 5.74) is 5.41. The molecule has 0 aromatic rings. The summed E-state index contributed by atoms with van der Waals surface area (Å²) in [6.45, 7) is 3.36. The molecular weight excluding hydrogens is 208 g/mol. The van der Waals surface area contributed by atoms with E-state index in [0.717, 1.165) is 6.42 Å². The van der Waals surface area contributed by atoms with Crippen LogP contribution in [0.4, 0.5) is 0 Å². The van der Waals surface area contributed by atoms with E-state index in [2.05, 4.69) is 0 Å². The molecule has 5 heteroatoms. The molecule has 1 aliphatic heterocycles. The summed E-state index contributed by atoms with van der Waals surface area (Å²) in [5.74, 6) is -1.26. The van der Waals surface area contributed by atoms with E-state index in [9.17, 15) is 9.59 Å². The van der Waals surface area contributed by atoms with Crippen molar-refractivity contribution in [2.24, 2.45) is 17.6 Å². The maximum atomic E-state index is 11.9. The van der Waals surface area contributed by atoms with E-state index in [1.54, 1.807) is 4.90 Å². The van der Waals surface area contributed by atoms with Gasteiger partial charge in [0, 0.05) is 19.0 Å². The number of carbonyl (C=O) groups is 2. The van der Waals surface area contributed by atoms with Crippen molar-refractivity contribution in [3.8, 4) is 0 Å². The van der Waals surface area contributed by atoms with Gasteiger partial charge in [0.25, 0.3) is 0 Å². The molecule has 3 N–H and O–H groups in total. The molecule has 1 heterocycles. The Morgan fingerprint density at radius 3 is 2.81 bits per heavy atom. The highest BCUT2D eigenvalue weighted by molar-refractivity contribution is 5.79. The van der Waals surface area contributed by atoms with Gasteiger partial charge in [0.1, 0.15) is 0 Å². The SMILES string of the molecule is CC(CCN)C(=O)N1CCC[C@@H](C(=O)O)C1. The summed E-state index contributed by atoms with van der Waals surface area (Å²) in [6, 6.07) is 0. The molecular formula is C11H20N2O3. The van der Waals surface area contributed by atoms with E-state index in [-0.39, 0.29) is 11.8 Å². The smallest absolute Gasteiger partial charge is 0.308 e. The fraction of sp³-hybridized carbons (Fsp3) is 0.818. The Bertz CT molecular complexity index is 268. The summed E-state index contributed by atoms with van der Waals surface area (Å²) >= 11 is 0. The van der Waals surface area contributed by atoms with Gasteiger partial charge in [-0.15, -0.1) is 0 Å². The number of likely N-dealkylation sites (tertiary alicyclic amines) is 1. The Kier molecular flexibility index (Phi) is 4.73. The van der Waals surface area contributed by atoms with E-state index in [1.165, 1.54) is 0 Å². The van der Waals surface area contributed by atoms with Crippen LogP contribution < -0.4 is 5.73 Å². The van der Waals surface area contributed by atoms with Crippen LogP contribution in [0.2, 0.25) is 0 Å². The fourth-order valence-electron chi connectivity index (χ4n) is 2.06. The van der Waals surface area contributed by atoms with Crippen LogP contribution >= 0.6 is 0 Å². The van der Waals surface area contributed by atoms with Gasteiger partial charge in [0.2, 0.25) is 5.91 Å². The molecule has 0 bridgehead atoms. The van der Waals surface area contributed by atoms with Crippen molar-refractivity contribution < 1.29 is 14.7 Å². The van der Waals surface area contributed by atoms with Gasteiger partial charge in [0.05, 0.1) is 5.92 Å². The summed E-state index contributed by atoms with van der Waals surface area (Å²) in [7, 11) is 0. The Balaban J connectivity index is 2.53. The molecule has 0 aliphatic carbocycles. The third-order valence-corrected chi connectivity index (χ3v) is 3.10. The number of carboxylic acid groups (broad SMARTS) is 1. The van der Waals surface area contributed by atoms with Crippen molar-refractivity contribution in [2.45, 2.75) is 26.2 Å². The molecule has 0 aromatic carbocycles. The van der Waals surface area contributed by atoms with Crippen molar-refractivity contribution in [3.63, 3.8) is 0 Å². The summed E-state index contributed by atoms with van der Waals surface area (Å²) < 4.78 is 0. The van der Waals surface area contributed by atoms with Gasteiger partial charge >= 0.3 is 5.97 Å². The molecule has 0 spiro atoms. The van der Waals surface area contributed by atoms with Crippen LogP contribution in [0.5, 0.6) is 0 Å². The normalized spacial score (nSPS) is 22.9. The lowest BCUT2D eigenvalue weighted by molar-refractivity contribution is -0.146. The molecule has 0 saturated carbocycles. The van der Waals surface area contributed by atoms with E-state index < -0.39 is 11.9 Å². The standard InChI is InChI=1S/C11H20N2O3/c1-8(4-5-12)10(14)13-6-2-3-9(7-13)11(15)16/h8-9H,2-7,12H2,1H3,(H,15,16)/t8?,9-/m1/s1. The minimum Gasteiger partial charge on any atom is -0.481 e. The Morgan fingerprint density at radius 1 is 1.56 bits per heavy atom. The maximum absolute atomic E-state index is 11.9. The van der Waals surface area contributed by atoms with Crippen molar-refractivity contribution in [1.29, 1.82) is 0 Å². The lowest BCUT2D eigenvalue weighted by atomic mass is 9.96. The molecule has 1 unspecified atom stereocenters. The zero-order valence-corrected chi connectivity index (χ0v) is 9.69. The molecule has 2 atom stereocenters. The van der Waals surface area contributed by atoms with Gasteiger partial charge in [-0.1, -0.05) is 6.92 Å². The van der Waals surface area contributed by atoms with Crippen molar-refractivity contribution in [3.05, 3.63) is 0 Å². The molecule has 1 aliphatic rings. The van der Waals surface area contributed by atoms with E-state index in [0.29, 0.717) is 32.5 Å². The minimum atomic E-state index is -0.802. The van der Waals surface area contributed by atoms with Crippen LogP contribution in [0.15, 0.2) is 0 Å². The third-order valence-electron chi connectivity index (χ3n) is 3.10. The number of carbonyl (C=O) groups excluding carboxylic acids is 1. The van der Waals surface area contributed by atoms with Gasteiger partial charge in [0.15, 0.2) is 0 Å². The Morgan fingerprint density at radius 2 is 2.25 bits per heavy atom. The first-order chi connectivity index (χ1) is 7.56. The summed E-state index contributed by atoms with van der Waals surface area (Å²) in [5, 5.41) is 8.92. The molecule has 0 radical (unpaired) electrons. The van der Waals surface area contributed by atoms with Crippen LogP contribution in [0.3, 0.4) is 0 Å². The second-order valence-corrected chi connectivity index (χ2v) is 4.44. The zero-order chi connectivity index (χ0) is 12.1. The summed E-state index contributed by atoms with van der Waals surface area (Å²) in [4.78, 5) is 24.5. The van der Waals surface area contributed by atoms with Crippen LogP contribution in [0, 0.1) is 11.8 Å². The largest absolute Gasteiger partial charge is 0.481 e. The highest BCUT2D eigenvalue weighted by Crippen LogP contribution is 2.19. The Hall–Kier alpha value is -1.10. The number of nitrogens with two attached hydrogens (primary N) is 1. The highest BCUT2D eigenvalue weighted by Gasteiger charge is 2.29. The molecule has 92 valence electrons. The number of carboxylic acids is 1. The molecule has 0 aromatic heterocycles. The number of hydrogen-bond donors (Lipinski definition) is 2. The van der Waals surface area contributed by atoms with Gasteiger partial charge in [-0.05, 0) is 25.8 Å². The number of piperidine rings is 1. The molecule has 1 saturated heterocycles. The second-order valence-electron chi connectivity index (χ2n) is 4.44. The maximum Gasteiger partial charge on any atom is 0.308 e. The lowest BCUT2D eigenvalue weighted by Crippen LogP contribution is -2.44. The molecule has 1 fully saturated rings. The van der Waals surface area contributed by atoms with Crippen molar-refractivity contribution >= 4 is 11.9 Å². The van der Waals surface area contributed by atoms with Crippen LogP contribution in [-0.2, 0) is 9.59 Å². The lowest BCUT2D eigenvalue weighted by Gasteiger charge is -2.32. The predicted molar refractivity (Wildman–Crippen MR) is 59.8 cm³/mol. The van der Waals surface area contributed by atoms with Crippen molar-refractivity contribution in [1.82, 2.24) is 4.90 Å². The monoisotopic (exact) mass is 228 g/mol. The van der Waals surface area contributed by atoms with Crippen LogP contribution in [-0.4, -0.2) is 41.5 Å². The number of rotatable bonds is 4. The Labute approximate surface area is 95.6 Å². The van der Waals surface area contributed by atoms with Gasteiger partial charge in [-0.25, -0.2) is 0 Å². The van der Waals surface area contributed by atoms with Gasteiger partial charge in [-0.2, -0.15) is 0 Å². The average molecular weight is 228 g/mol. The van der Waals surface area contributed by atoms with Crippen molar-refractivity contribution in [2.75, 3.05) is 19.6 Å². The molecule has 5 nitrogen and oxygen atoms in total. The van der Waals surface area contributed by atoms with Crippen LogP contribution in [0.1, 0.15) is 26.2 Å². The fourth-order valence-corrected chi connectivity index (χ4v) is 2.06. The van der Waals surface area contributed by atoms with E-state index in [1.807, 2.05) is 6.92 Å². The average Bonchev–Trinajstić information content (AvgIpc) is 2.28. The first-order valence-corrected chi connectivity index (χ1v) is 5.78. The number of amides is 1. The minimum absolute atomic E-state index is 0.0383. The van der Waals surface area contributed by atoms with Crippen LogP contribution in [0.25, 0.3) is 0 Å². The quantitative estimate of drug-likeness (QED) is 0.724. The molecule has 1 amide bonds. The number of aliphatic carboxylic acids is 1. The topological polar surface area (TPSA) is 83.6 Å². The molecule has 1 rings (SSSR count). The van der Waals surface area contributed by atoms with Gasteiger partial charge in [-0.3, -0.25) is 9.59 Å². The van der Waals surface area contributed by atoms with Gasteiger partial charge < -0.3 is 15.7 Å². The first kappa shape index (κ1) is 13.0. The zero-order valence-electron chi connectivity index (χ0n) is 9.69. The second kappa shape index (κ2) is 5.84. The molecule has 16 heavy (non-hydrogen) atoms. The number of hydrogen-bond acceptors (Lipinski definition) is 3. The predicted octanol–water partition coefficient (Wildman–Crippen LogP) is 0.295. The van der Waals surface area contributed by atoms with E-state index >= 15 is 0 Å².